The number of halogens is 3. The average Bonchev–Trinajstić information content (AvgIpc) is 3.14. The Morgan fingerprint density at radius 1 is 1.35 bits per heavy atom. The van der Waals surface area contributed by atoms with Gasteiger partial charge in [-0.15, -0.1) is 0 Å². The Labute approximate surface area is 198 Å². The van der Waals surface area contributed by atoms with Gasteiger partial charge in [-0.05, 0) is 54.0 Å². The maximum absolute atomic E-state index is 13.9. The van der Waals surface area contributed by atoms with Crippen molar-refractivity contribution in [2.45, 2.75) is 31.7 Å². The predicted octanol–water partition coefficient (Wildman–Crippen LogP) is 4.42. The van der Waals surface area contributed by atoms with Gasteiger partial charge in [-0.3, -0.25) is 4.99 Å². The molecule has 1 aromatic carbocycles. The zero-order valence-corrected chi connectivity index (χ0v) is 20.1. The number of nitrogens with two attached hydrogens (primary N) is 1. The van der Waals surface area contributed by atoms with Crippen LogP contribution in [0.2, 0.25) is 5.02 Å². The maximum atomic E-state index is 13.9. The summed E-state index contributed by atoms with van der Waals surface area (Å²) in [4.78, 5) is 26.9. The fourth-order valence-corrected chi connectivity index (χ4v) is 3.89. The van der Waals surface area contributed by atoms with E-state index in [1.165, 1.54) is 12.1 Å². The van der Waals surface area contributed by atoms with Crippen molar-refractivity contribution in [1.29, 1.82) is 0 Å². The van der Waals surface area contributed by atoms with Gasteiger partial charge in [-0.2, -0.15) is 4.98 Å². The summed E-state index contributed by atoms with van der Waals surface area (Å²) in [5, 5.41) is 2.99. The summed E-state index contributed by atoms with van der Waals surface area (Å²) in [5.41, 5.74) is 7.79. The molecule has 0 spiro atoms. The molecule has 1 aliphatic rings. The van der Waals surface area contributed by atoms with Gasteiger partial charge < -0.3 is 20.7 Å². The average molecular weight is 561 g/mol. The number of nitrogens with one attached hydrogen (secondary N) is 1. The number of alkyl carbamates (subject to hydrolysis) is 1. The van der Waals surface area contributed by atoms with E-state index in [1.807, 2.05) is 42.9 Å². The van der Waals surface area contributed by atoms with Crippen molar-refractivity contribution >= 4 is 64.0 Å². The molecule has 31 heavy (non-hydrogen) atoms. The van der Waals surface area contributed by atoms with Gasteiger partial charge in [0.2, 0.25) is 5.95 Å². The number of anilines is 2. The van der Waals surface area contributed by atoms with Gasteiger partial charge in [0.25, 0.3) is 0 Å². The third-order valence-corrected chi connectivity index (χ3v) is 6.62. The number of aromatic nitrogens is 2. The van der Waals surface area contributed by atoms with Crippen molar-refractivity contribution in [3.8, 4) is 0 Å². The lowest BCUT2D eigenvalue weighted by Crippen LogP contribution is -2.25. The molecule has 3 N–H and O–H groups in total. The van der Waals surface area contributed by atoms with E-state index in [-0.39, 0.29) is 19.1 Å². The zero-order chi connectivity index (χ0) is 22.5. The molecule has 11 heteroatoms. The first-order valence-corrected chi connectivity index (χ1v) is 11.2. The van der Waals surface area contributed by atoms with Gasteiger partial charge in [0.1, 0.15) is 11.5 Å². The van der Waals surface area contributed by atoms with Crippen molar-refractivity contribution in [3.63, 3.8) is 0 Å². The molecule has 1 aromatic heterocycles. The van der Waals surface area contributed by atoms with Crippen LogP contribution in [0.4, 0.5) is 26.6 Å². The fourth-order valence-electron chi connectivity index (χ4n) is 3.09. The Balaban J connectivity index is 1.41. The molecule has 2 aromatic rings. The minimum atomic E-state index is -0.598. The molecule has 0 aliphatic carbocycles. The van der Waals surface area contributed by atoms with Crippen LogP contribution in [0.25, 0.3) is 0 Å². The molecule has 1 amide bonds. The van der Waals surface area contributed by atoms with Gasteiger partial charge >= 0.3 is 6.09 Å². The molecular weight excluding hydrogens is 538 g/mol. The first-order valence-electron chi connectivity index (χ1n) is 9.69. The van der Waals surface area contributed by atoms with Crippen molar-refractivity contribution < 1.29 is 13.9 Å². The third kappa shape index (κ3) is 5.73. The van der Waals surface area contributed by atoms with Crippen molar-refractivity contribution in [1.82, 2.24) is 15.3 Å². The van der Waals surface area contributed by atoms with Crippen LogP contribution in [0.5, 0.6) is 0 Å². The summed E-state index contributed by atoms with van der Waals surface area (Å²) in [6.45, 7) is 0.265. The second-order valence-electron chi connectivity index (χ2n) is 7.23. The van der Waals surface area contributed by atoms with Gasteiger partial charge in [0.15, 0.2) is 5.82 Å². The van der Waals surface area contributed by atoms with Crippen LogP contribution in [0.15, 0.2) is 17.1 Å². The van der Waals surface area contributed by atoms with E-state index >= 15 is 0 Å². The maximum Gasteiger partial charge on any atom is 0.407 e. The number of fused-ring (bicyclic) bond motifs is 1. The van der Waals surface area contributed by atoms with E-state index in [1.54, 1.807) is 4.90 Å². The zero-order valence-electron chi connectivity index (χ0n) is 17.2. The van der Waals surface area contributed by atoms with Crippen LogP contribution in [0.1, 0.15) is 36.4 Å². The summed E-state index contributed by atoms with van der Waals surface area (Å²) < 4.78 is 19.6. The molecule has 1 aliphatic heterocycles. The minimum Gasteiger partial charge on any atom is -0.450 e. The number of unbranched alkanes of at least 4 members (excludes halogenated alkanes) is 1. The van der Waals surface area contributed by atoms with E-state index in [0.717, 1.165) is 18.5 Å². The molecule has 8 nitrogen and oxygen atoms in total. The summed E-state index contributed by atoms with van der Waals surface area (Å²) in [6, 6.07) is 2.76. The predicted molar refractivity (Wildman–Crippen MR) is 128 cm³/mol. The number of rotatable bonds is 8. The molecule has 1 unspecified atom stereocenters. The molecule has 1 atom stereocenters. The van der Waals surface area contributed by atoms with E-state index in [9.17, 15) is 9.18 Å². The number of carbonyl (C=O) groups is 1. The minimum absolute atomic E-state index is 0.00809. The number of carbonyl (C=O) groups excluding carboxylic acids is 1. The van der Waals surface area contributed by atoms with Crippen molar-refractivity contribution in [2.75, 3.05) is 31.3 Å². The second kappa shape index (κ2) is 10.4. The molecule has 0 fully saturated rings. The van der Waals surface area contributed by atoms with Gasteiger partial charge in [0, 0.05) is 35.4 Å². The molecule has 2 heterocycles. The van der Waals surface area contributed by atoms with Crippen molar-refractivity contribution in [3.05, 3.63) is 37.8 Å². The number of aliphatic imine (C=N–C) groups is 1. The van der Waals surface area contributed by atoms with Crippen LogP contribution in [-0.4, -0.2) is 43.0 Å². The summed E-state index contributed by atoms with van der Waals surface area (Å²) in [6.07, 6.45) is 3.53. The number of benzene rings is 1. The first-order chi connectivity index (χ1) is 14.8. The smallest absolute Gasteiger partial charge is 0.407 e. The van der Waals surface area contributed by atoms with Crippen molar-refractivity contribution in [2.24, 2.45) is 4.99 Å². The highest BCUT2D eigenvalue weighted by Crippen LogP contribution is 2.37. The summed E-state index contributed by atoms with van der Waals surface area (Å²) in [5.74, 6) is 0.561. The molecule has 166 valence electrons. The Hall–Kier alpha value is -2.21. The van der Waals surface area contributed by atoms with E-state index in [4.69, 9.17) is 22.1 Å². The monoisotopic (exact) mass is 560 g/mol. The topological polar surface area (TPSA) is 106 Å². The largest absolute Gasteiger partial charge is 0.450 e. The van der Waals surface area contributed by atoms with Gasteiger partial charge in [-0.25, -0.2) is 14.2 Å². The molecular formula is C20H23ClFIN6O2. The summed E-state index contributed by atoms with van der Waals surface area (Å²) >= 11 is 7.94. The molecule has 0 saturated carbocycles. The molecule has 3 rings (SSSR count). The lowest BCUT2D eigenvalue weighted by molar-refractivity contribution is 0.143. The van der Waals surface area contributed by atoms with Crippen LogP contribution >= 0.6 is 34.2 Å². The standard InChI is InChI=1S/C20H23ClFIN6O2/c1-29(2)19-27-16-11(9-25-17(16)18(24)28-19)5-3-4-8-31-20(30)26-10-12-14(22)7-6-13(21)15(12)23/h6-7,9,11H,3-5,8,10H2,1-2H3,(H,26,30)(H2,24,27,28). The van der Waals surface area contributed by atoms with Crippen LogP contribution < -0.4 is 16.0 Å². The molecule has 0 bridgehead atoms. The lowest BCUT2D eigenvalue weighted by atomic mass is 10.0. The van der Waals surface area contributed by atoms with E-state index in [2.05, 4.69) is 20.3 Å². The number of amides is 1. The Morgan fingerprint density at radius 3 is 2.87 bits per heavy atom. The van der Waals surface area contributed by atoms with Gasteiger partial charge in [-0.1, -0.05) is 11.6 Å². The Bertz CT molecular complexity index is 1000. The molecule has 0 saturated heterocycles. The highest BCUT2D eigenvalue weighted by Gasteiger charge is 2.24. The van der Waals surface area contributed by atoms with E-state index in [0.29, 0.717) is 38.0 Å². The Kier molecular flexibility index (Phi) is 7.87. The normalized spacial score (nSPS) is 14.4. The molecule has 0 radical (unpaired) electrons. The lowest BCUT2D eigenvalue weighted by Gasteiger charge is -2.15. The fraction of sp³-hybridized carbons (Fsp3) is 0.400. The second-order valence-corrected chi connectivity index (χ2v) is 8.71. The highest BCUT2D eigenvalue weighted by atomic mass is 127. The first kappa shape index (κ1) is 23.5. The number of ether oxygens (including phenoxy) is 1. The quantitative estimate of drug-likeness (QED) is 0.281. The van der Waals surface area contributed by atoms with Gasteiger partial charge in [0.05, 0.1) is 23.9 Å². The number of nitrogens with zero attached hydrogens (tertiary/aromatic N) is 4. The van der Waals surface area contributed by atoms with Crippen LogP contribution in [-0.2, 0) is 11.3 Å². The summed E-state index contributed by atoms with van der Waals surface area (Å²) in [7, 11) is 3.71. The number of hydrogen-bond donors (Lipinski definition) is 2. The third-order valence-electron chi connectivity index (χ3n) is 4.75. The van der Waals surface area contributed by atoms with Crippen LogP contribution in [0, 0.1) is 9.39 Å². The number of nitrogen functional groups attached to an aromatic ring is 1. The van der Waals surface area contributed by atoms with E-state index < -0.39 is 11.9 Å². The Morgan fingerprint density at radius 2 is 2.13 bits per heavy atom. The SMILES string of the molecule is CN(C)c1nc(N)c2c(n1)C(CCCCOC(=O)NCc1c(F)ccc(Cl)c1I)C=N2. The number of hydrogen-bond acceptors (Lipinski definition) is 7. The van der Waals surface area contributed by atoms with Crippen LogP contribution in [0.3, 0.4) is 0 Å². The highest BCUT2D eigenvalue weighted by molar-refractivity contribution is 14.1.